The number of ether oxygens (including phenoxy) is 1. The Morgan fingerprint density at radius 1 is 1.12 bits per heavy atom. The second-order valence-electron chi connectivity index (χ2n) is 7.50. The monoisotopic (exact) mass is 473 g/mol. The van der Waals surface area contributed by atoms with Gasteiger partial charge >= 0.3 is 0 Å². The molecule has 0 aromatic heterocycles. The number of carbonyl (C=O) groups is 3. The first-order valence-electron chi connectivity index (χ1n) is 10.6. The van der Waals surface area contributed by atoms with Crippen molar-refractivity contribution in [2.75, 3.05) is 20.2 Å². The van der Waals surface area contributed by atoms with E-state index in [1.165, 1.54) is 30.2 Å². The molecule has 9 nitrogen and oxygen atoms in total. The van der Waals surface area contributed by atoms with Gasteiger partial charge in [-0.25, -0.2) is 12.7 Å². The summed E-state index contributed by atoms with van der Waals surface area (Å²) in [4.78, 5) is 40.1. The number of carbonyl (C=O) groups excluding carboxylic acids is 3. The molecular weight excluding hydrogens is 446 g/mol. The maximum Gasteiger partial charge on any atom is 0.269 e. The van der Waals surface area contributed by atoms with E-state index >= 15 is 0 Å². The first-order chi connectivity index (χ1) is 15.7. The summed E-state index contributed by atoms with van der Waals surface area (Å²) in [6.45, 7) is 3.26. The van der Waals surface area contributed by atoms with Crippen LogP contribution in [-0.2, 0) is 26.2 Å². The number of sulfonamides is 1. The molecule has 1 heterocycles. The van der Waals surface area contributed by atoms with Crippen LogP contribution in [0.1, 0.15) is 36.2 Å². The topological polar surface area (TPSA) is 113 Å². The second-order valence-corrected chi connectivity index (χ2v) is 9.34. The van der Waals surface area contributed by atoms with Crippen molar-refractivity contribution in [3.8, 4) is 5.75 Å². The summed E-state index contributed by atoms with van der Waals surface area (Å²) in [6.07, 6.45) is 0.308. The quantitative estimate of drug-likeness (QED) is 0.594. The van der Waals surface area contributed by atoms with Crippen LogP contribution in [0.4, 0.5) is 0 Å². The van der Waals surface area contributed by atoms with Crippen molar-refractivity contribution in [1.29, 1.82) is 0 Å². The van der Waals surface area contributed by atoms with Gasteiger partial charge in [0.1, 0.15) is 23.2 Å². The Balaban J connectivity index is 1.93. The fraction of sp³-hybridized carbons (Fsp3) is 0.348. The van der Waals surface area contributed by atoms with Crippen LogP contribution in [-0.4, -0.2) is 61.6 Å². The lowest BCUT2D eigenvalue weighted by Crippen LogP contribution is -2.52. The Bertz CT molecular complexity index is 1160. The summed E-state index contributed by atoms with van der Waals surface area (Å²) >= 11 is 0. The molecule has 1 atom stereocenters. The minimum Gasteiger partial charge on any atom is -0.497 e. The highest BCUT2D eigenvalue weighted by Gasteiger charge is 2.43. The maximum absolute atomic E-state index is 13.4. The van der Waals surface area contributed by atoms with Crippen molar-refractivity contribution in [2.45, 2.75) is 37.8 Å². The van der Waals surface area contributed by atoms with E-state index in [9.17, 15) is 22.8 Å². The predicted octanol–water partition coefficient (Wildman–Crippen LogP) is 1.78. The smallest absolute Gasteiger partial charge is 0.269 e. The van der Waals surface area contributed by atoms with Gasteiger partial charge in [0.25, 0.3) is 15.9 Å². The van der Waals surface area contributed by atoms with E-state index in [0.717, 1.165) is 0 Å². The third-order valence-electron chi connectivity index (χ3n) is 5.41. The van der Waals surface area contributed by atoms with Crippen LogP contribution in [0, 0.1) is 0 Å². The van der Waals surface area contributed by atoms with Crippen molar-refractivity contribution in [3.63, 3.8) is 0 Å². The molecule has 0 bridgehead atoms. The van der Waals surface area contributed by atoms with Crippen molar-refractivity contribution in [1.82, 2.24) is 14.5 Å². The summed E-state index contributed by atoms with van der Waals surface area (Å²) < 4.78 is 31.6. The van der Waals surface area contributed by atoms with Crippen LogP contribution in [0.15, 0.2) is 53.4 Å². The number of fused-ring (bicyclic) bond motifs is 1. The number of hydrogen-bond donors (Lipinski definition) is 1. The summed E-state index contributed by atoms with van der Waals surface area (Å²) in [5.74, 6) is -1.18. The molecule has 176 valence electrons. The first kappa shape index (κ1) is 24.2. The van der Waals surface area contributed by atoms with Crippen LogP contribution < -0.4 is 10.1 Å². The molecule has 1 aliphatic rings. The van der Waals surface area contributed by atoms with E-state index in [0.29, 0.717) is 28.6 Å². The van der Waals surface area contributed by atoms with Crippen LogP contribution in [0.5, 0.6) is 5.75 Å². The van der Waals surface area contributed by atoms with E-state index in [1.807, 2.05) is 0 Å². The second kappa shape index (κ2) is 10.0. The minimum atomic E-state index is -4.15. The molecule has 3 amide bonds. The van der Waals surface area contributed by atoms with Gasteiger partial charge in [0.2, 0.25) is 11.8 Å². The molecule has 3 rings (SSSR count). The van der Waals surface area contributed by atoms with Crippen LogP contribution in [0.3, 0.4) is 0 Å². The average molecular weight is 474 g/mol. The van der Waals surface area contributed by atoms with E-state index in [4.69, 9.17) is 4.74 Å². The Labute approximate surface area is 193 Å². The van der Waals surface area contributed by atoms with Gasteiger partial charge in [-0.15, -0.1) is 0 Å². The lowest BCUT2D eigenvalue weighted by molar-refractivity contribution is -0.141. The largest absolute Gasteiger partial charge is 0.497 e. The van der Waals surface area contributed by atoms with Gasteiger partial charge in [0.05, 0.1) is 12.7 Å². The fourth-order valence-corrected chi connectivity index (χ4v) is 5.30. The van der Waals surface area contributed by atoms with Crippen molar-refractivity contribution < 1.29 is 27.5 Å². The summed E-state index contributed by atoms with van der Waals surface area (Å²) in [5.41, 5.74) is 0.727. The molecule has 2 aromatic rings. The molecule has 0 unspecified atom stereocenters. The normalized spacial score (nSPS) is 15.0. The molecule has 10 heteroatoms. The molecule has 0 saturated heterocycles. The van der Waals surface area contributed by atoms with E-state index in [2.05, 4.69) is 5.32 Å². The van der Waals surface area contributed by atoms with Gasteiger partial charge < -0.3 is 15.0 Å². The zero-order valence-corrected chi connectivity index (χ0v) is 19.6. The number of benzene rings is 2. The number of hydrogen-bond acceptors (Lipinski definition) is 6. The maximum atomic E-state index is 13.4. The Hall–Kier alpha value is -3.40. The van der Waals surface area contributed by atoms with Crippen LogP contribution in [0.2, 0.25) is 0 Å². The minimum absolute atomic E-state index is 0.0282. The molecule has 0 radical (unpaired) electrons. The third kappa shape index (κ3) is 4.85. The molecule has 33 heavy (non-hydrogen) atoms. The number of amides is 3. The van der Waals surface area contributed by atoms with E-state index < -0.39 is 34.4 Å². The zero-order chi connectivity index (χ0) is 24.2. The predicted molar refractivity (Wildman–Crippen MR) is 121 cm³/mol. The lowest BCUT2D eigenvalue weighted by Gasteiger charge is -2.31. The lowest BCUT2D eigenvalue weighted by atomic mass is 10.1. The van der Waals surface area contributed by atoms with Crippen LogP contribution in [0.25, 0.3) is 0 Å². The highest BCUT2D eigenvalue weighted by Crippen LogP contribution is 2.30. The Kier molecular flexibility index (Phi) is 7.37. The number of rotatable bonds is 9. The highest BCUT2D eigenvalue weighted by molar-refractivity contribution is 7.90. The molecule has 1 aliphatic heterocycles. The Morgan fingerprint density at radius 3 is 2.48 bits per heavy atom. The number of methoxy groups -OCH3 is 1. The zero-order valence-electron chi connectivity index (χ0n) is 18.8. The molecule has 0 saturated carbocycles. The van der Waals surface area contributed by atoms with Crippen molar-refractivity contribution in [3.05, 3.63) is 59.7 Å². The van der Waals surface area contributed by atoms with Gasteiger partial charge in [0.15, 0.2) is 0 Å². The average Bonchev–Trinajstić information content (AvgIpc) is 3.00. The van der Waals surface area contributed by atoms with Gasteiger partial charge in [-0.05, 0) is 43.2 Å². The number of nitrogens with one attached hydrogen (secondary N) is 1. The molecule has 0 fully saturated rings. The van der Waals surface area contributed by atoms with E-state index in [1.54, 1.807) is 44.2 Å². The molecule has 2 aromatic carbocycles. The van der Waals surface area contributed by atoms with Gasteiger partial charge in [-0.2, -0.15) is 0 Å². The van der Waals surface area contributed by atoms with Crippen molar-refractivity contribution in [2.24, 2.45) is 0 Å². The van der Waals surface area contributed by atoms with Gasteiger partial charge in [0, 0.05) is 13.1 Å². The number of likely N-dealkylation sites (N-methyl/N-ethyl adjacent to an activating group) is 1. The fourth-order valence-electron chi connectivity index (χ4n) is 3.78. The molecule has 0 spiro atoms. The molecule has 1 N–H and O–H groups in total. The standard InChI is InChI=1S/C23H27N3O6S/c1-4-19(22(28)24-5-2)25(14-16-9-8-10-17(13-16)32-3)21(27)15-26-23(29)18-11-6-7-12-20(18)33(26,30)31/h6-13,19H,4-5,14-15H2,1-3H3,(H,24,28)/t19-/m0/s1. The van der Waals surface area contributed by atoms with Gasteiger partial charge in [-0.1, -0.05) is 31.2 Å². The first-order valence-corrected chi connectivity index (χ1v) is 12.0. The van der Waals surface area contributed by atoms with Gasteiger partial charge in [-0.3, -0.25) is 14.4 Å². The Morgan fingerprint density at radius 2 is 1.85 bits per heavy atom. The SMILES string of the molecule is CCNC(=O)[C@H](CC)N(Cc1cccc(OC)c1)C(=O)CN1C(=O)c2ccccc2S1(=O)=O. The van der Waals surface area contributed by atoms with Crippen molar-refractivity contribution >= 4 is 27.7 Å². The summed E-state index contributed by atoms with van der Waals surface area (Å²) in [5, 5.41) is 2.72. The highest BCUT2D eigenvalue weighted by atomic mass is 32.2. The summed E-state index contributed by atoms with van der Waals surface area (Å²) in [6, 6.07) is 12.0. The number of nitrogens with zero attached hydrogens (tertiary/aromatic N) is 2. The molecule has 0 aliphatic carbocycles. The van der Waals surface area contributed by atoms with Crippen LogP contribution >= 0.6 is 0 Å². The van der Waals surface area contributed by atoms with E-state index in [-0.39, 0.29) is 22.9 Å². The third-order valence-corrected chi connectivity index (χ3v) is 7.20. The summed E-state index contributed by atoms with van der Waals surface area (Å²) in [7, 11) is -2.63. The molecular formula is C23H27N3O6S.